The second-order valence-corrected chi connectivity index (χ2v) is 23.0. The van der Waals surface area contributed by atoms with Crippen LogP contribution in [0.5, 0.6) is 0 Å². The van der Waals surface area contributed by atoms with Gasteiger partial charge in [0.05, 0.1) is 45.1 Å². The van der Waals surface area contributed by atoms with Crippen molar-refractivity contribution in [2.45, 2.75) is 38.5 Å². The second kappa shape index (κ2) is 17.8. The van der Waals surface area contributed by atoms with Gasteiger partial charge in [-0.15, -0.1) is 0 Å². The summed E-state index contributed by atoms with van der Waals surface area (Å²) in [7, 11) is 0. The van der Waals surface area contributed by atoms with Crippen LogP contribution in [-0.2, 0) is 10.8 Å². The number of nitriles is 1. The standard InChI is InChI=1S/C76H52N6/c1-75(2)60-27-15-11-23-52(60)54-37-41-66-68(70(54)75)56-25-13-17-29-62(56)81(66)64-39-35-50(47-33-31-46(45-77)32-34-47)43-58(64)59-44-51(74-79-72(48-19-7-5-8-20-48)78-73(80-74)49-21-9-6-10-22-49)36-40-65(59)82-63-30-18-14-26-57(63)69-67(82)42-38-55-53-24-12-16-28-61(53)76(3,4)71(55)69/h5-44H,1-4H3. The molecule has 0 atom stereocenters. The minimum Gasteiger partial charge on any atom is -0.309 e. The van der Waals surface area contributed by atoms with E-state index in [4.69, 9.17) is 15.0 Å². The van der Waals surface area contributed by atoms with Crippen LogP contribution in [0.3, 0.4) is 0 Å². The van der Waals surface area contributed by atoms with Gasteiger partial charge >= 0.3 is 0 Å². The first kappa shape index (κ1) is 47.5. The lowest BCUT2D eigenvalue weighted by molar-refractivity contribution is 0.666. The minimum atomic E-state index is -0.256. The van der Waals surface area contributed by atoms with E-state index >= 15 is 0 Å². The summed E-state index contributed by atoms with van der Waals surface area (Å²) >= 11 is 0. The molecule has 386 valence electrons. The Bertz CT molecular complexity index is 4980. The topological polar surface area (TPSA) is 72.3 Å². The smallest absolute Gasteiger partial charge is 0.164 e. The summed E-state index contributed by atoms with van der Waals surface area (Å²) < 4.78 is 5.00. The molecular weight excluding hydrogens is 997 g/mol. The van der Waals surface area contributed by atoms with Gasteiger partial charge in [-0.2, -0.15) is 5.26 Å². The molecule has 82 heavy (non-hydrogen) atoms. The molecule has 0 fully saturated rings. The predicted octanol–water partition coefficient (Wildman–Crippen LogP) is 18.9. The molecule has 0 unspecified atom stereocenters. The van der Waals surface area contributed by atoms with Crippen molar-refractivity contribution in [1.29, 1.82) is 5.26 Å². The van der Waals surface area contributed by atoms with Gasteiger partial charge in [0.2, 0.25) is 0 Å². The van der Waals surface area contributed by atoms with Gasteiger partial charge in [-0.1, -0.05) is 204 Å². The van der Waals surface area contributed by atoms with Crippen molar-refractivity contribution in [2.24, 2.45) is 0 Å². The number of rotatable bonds is 7. The van der Waals surface area contributed by atoms with Crippen molar-refractivity contribution < 1.29 is 0 Å². The van der Waals surface area contributed by atoms with E-state index in [2.05, 4.69) is 237 Å². The Labute approximate surface area is 475 Å². The van der Waals surface area contributed by atoms with Crippen molar-refractivity contribution in [1.82, 2.24) is 24.1 Å². The maximum Gasteiger partial charge on any atom is 0.164 e. The summed E-state index contributed by atoms with van der Waals surface area (Å²) in [6.07, 6.45) is 0. The van der Waals surface area contributed by atoms with Gasteiger partial charge in [0, 0.05) is 60.2 Å². The lowest BCUT2D eigenvalue weighted by atomic mass is 9.80. The number of hydrogen-bond acceptors (Lipinski definition) is 4. The zero-order valence-corrected chi connectivity index (χ0v) is 45.8. The predicted molar refractivity (Wildman–Crippen MR) is 336 cm³/mol. The highest BCUT2D eigenvalue weighted by Crippen LogP contribution is 2.56. The molecule has 3 aromatic heterocycles. The minimum absolute atomic E-state index is 0.251. The molecule has 0 saturated heterocycles. The van der Waals surface area contributed by atoms with Crippen molar-refractivity contribution in [3.8, 4) is 96.1 Å². The van der Waals surface area contributed by atoms with Crippen LogP contribution in [0.2, 0.25) is 0 Å². The fourth-order valence-electron chi connectivity index (χ4n) is 14.1. The number of benzene rings is 11. The fourth-order valence-corrected chi connectivity index (χ4v) is 14.1. The van der Waals surface area contributed by atoms with Crippen molar-refractivity contribution in [3.05, 3.63) is 270 Å². The highest BCUT2D eigenvalue weighted by Gasteiger charge is 2.40. The second-order valence-electron chi connectivity index (χ2n) is 23.0. The number of hydrogen-bond donors (Lipinski definition) is 0. The van der Waals surface area contributed by atoms with Crippen LogP contribution in [0, 0.1) is 11.3 Å². The van der Waals surface area contributed by atoms with E-state index in [0.717, 1.165) is 72.4 Å². The Morgan fingerprint density at radius 1 is 0.329 bits per heavy atom. The van der Waals surface area contributed by atoms with E-state index in [-0.39, 0.29) is 10.8 Å². The Kier molecular flexibility index (Phi) is 10.3. The van der Waals surface area contributed by atoms with E-state index in [1.54, 1.807) is 0 Å². The molecule has 11 aromatic carbocycles. The van der Waals surface area contributed by atoms with E-state index < -0.39 is 0 Å². The third-order valence-electron chi connectivity index (χ3n) is 17.8. The van der Waals surface area contributed by atoms with Gasteiger partial charge in [0.25, 0.3) is 0 Å². The SMILES string of the molecule is CC1(C)c2ccccc2-c2ccc3c(c21)c1ccccc1n3-c1ccc(-c2ccc(C#N)cc2)cc1-c1cc(-c2nc(-c3ccccc3)nc(-c3ccccc3)n2)ccc1-n1c2ccccc2c2c3c(ccc21)-c1ccccc1C3(C)C. The molecule has 3 heterocycles. The van der Waals surface area contributed by atoms with Crippen LogP contribution in [0.15, 0.2) is 243 Å². The summed E-state index contributed by atoms with van der Waals surface area (Å²) in [6, 6.07) is 89.4. The Morgan fingerprint density at radius 2 is 0.732 bits per heavy atom. The van der Waals surface area contributed by atoms with Crippen LogP contribution in [-0.4, -0.2) is 24.1 Å². The highest BCUT2D eigenvalue weighted by molar-refractivity contribution is 6.17. The van der Waals surface area contributed by atoms with Gasteiger partial charge in [-0.05, 0) is 122 Å². The molecule has 0 aliphatic heterocycles. The Balaban J connectivity index is 1.04. The zero-order valence-electron chi connectivity index (χ0n) is 45.8. The van der Waals surface area contributed by atoms with E-state index in [9.17, 15) is 5.26 Å². The van der Waals surface area contributed by atoms with Crippen LogP contribution < -0.4 is 0 Å². The number of aromatic nitrogens is 5. The van der Waals surface area contributed by atoms with Gasteiger partial charge in [-0.25, -0.2) is 15.0 Å². The molecule has 6 nitrogen and oxygen atoms in total. The first-order valence-corrected chi connectivity index (χ1v) is 28.2. The lowest BCUT2D eigenvalue weighted by Crippen LogP contribution is -2.15. The number of fused-ring (bicyclic) bond motifs is 14. The molecule has 16 rings (SSSR count). The van der Waals surface area contributed by atoms with E-state index in [0.29, 0.717) is 23.0 Å². The molecule has 14 aromatic rings. The van der Waals surface area contributed by atoms with Crippen molar-refractivity contribution in [3.63, 3.8) is 0 Å². The fraction of sp³-hybridized carbons (Fsp3) is 0.0789. The third kappa shape index (κ3) is 6.90. The molecular formula is C76H52N6. The molecule has 0 amide bonds. The largest absolute Gasteiger partial charge is 0.309 e. The van der Waals surface area contributed by atoms with Crippen molar-refractivity contribution in [2.75, 3.05) is 0 Å². The van der Waals surface area contributed by atoms with E-state index in [1.165, 1.54) is 66.1 Å². The van der Waals surface area contributed by atoms with Gasteiger partial charge in [-0.3, -0.25) is 0 Å². The summed E-state index contributed by atoms with van der Waals surface area (Å²) in [5.41, 5.74) is 23.9. The maximum absolute atomic E-state index is 9.96. The first-order chi connectivity index (χ1) is 40.2. The van der Waals surface area contributed by atoms with Crippen LogP contribution in [0.4, 0.5) is 0 Å². The normalized spacial score (nSPS) is 13.5. The summed E-state index contributed by atoms with van der Waals surface area (Å²) in [5, 5.41) is 14.9. The Morgan fingerprint density at radius 3 is 1.22 bits per heavy atom. The maximum atomic E-state index is 9.96. The van der Waals surface area contributed by atoms with Gasteiger partial charge < -0.3 is 9.13 Å². The zero-order chi connectivity index (χ0) is 55.0. The molecule has 0 bridgehead atoms. The summed E-state index contributed by atoms with van der Waals surface area (Å²) in [4.78, 5) is 15.8. The average Bonchev–Trinajstić information content (AvgIpc) is 4.39. The third-order valence-corrected chi connectivity index (χ3v) is 17.8. The molecule has 2 aliphatic carbocycles. The first-order valence-electron chi connectivity index (χ1n) is 28.2. The van der Waals surface area contributed by atoms with Crippen LogP contribution in [0.25, 0.3) is 134 Å². The molecule has 0 saturated carbocycles. The monoisotopic (exact) mass is 1050 g/mol. The molecule has 0 radical (unpaired) electrons. The highest BCUT2D eigenvalue weighted by atomic mass is 15.0. The molecule has 6 heteroatoms. The lowest BCUT2D eigenvalue weighted by Gasteiger charge is -2.23. The van der Waals surface area contributed by atoms with Crippen LogP contribution in [0.1, 0.15) is 55.5 Å². The molecule has 0 N–H and O–H groups in total. The average molecular weight is 1050 g/mol. The Hall–Kier alpha value is -10.5. The van der Waals surface area contributed by atoms with Crippen LogP contribution >= 0.6 is 0 Å². The molecule has 2 aliphatic rings. The molecule has 0 spiro atoms. The number of para-hydroxylation sites is 2. The quantitative estimate of drug-likeness (QED) is 0.159. The summed E-state index contributed by atoms with van der Waals surface area (Å²) in [5.74, 6) is 1.77. The summed E-state index contributed by atoms with van der Waals surface area (Å²) in [6.45, 7) is 9.53. The van der Waals surface area contributed by atoms with Gasteiger partial charge in [0.15, 0.2) is 17.5 Å². The van der Waals surface area contributed by atoms with Crippen molar-refractivity contribution >= 4 is 43.6 Å². The number of nitrogens with zero attached hydrogens (tertiary/aromatic N) is 6. The van der Waals surface area contributed by atoms with E-state index in [1.807, 2.05) is 48.5 Å². The van der Waals surface area contributed by atoms with Gasteiger partial charge in [0.1, 0.15) is 0 Å².